The Balaban J connectivity index is 1.68. The van der Waals surface area contributed by atoms with Gasteiger partial charge in [0.25, 0.3) is 5.91 Å². The molecule has 1 aliphatic rings. The maximum atomic E-state index is 13.9. The second-order valence-corrected chi connectivity index (χ2v) is 5.60. The summed E-state index contributed by atoms with van der Waals surface area (Å²) in [6.45, 7) is 2.74. The van der Waals surface area contributed by atoms with Gasteiger partial charge in [-0.15, -0.1) is 0 Å². The first kappa shape index (κ1) is 14.6. The van der Waals surface area contributed by atoms with Gasteiger partial charge in [-0.05, 0) is 25.1 Å². The van der Waals surface area contributed by atoms with Crippen LogP contribution < -0.4 is 14.8 Å². The van der Waals surface area contributed by atoms with Crippen LogP contribution >= 0.6 is 0 Å². The Morgan fingerprint density at radius 1 is 1.17 bits per heavy atom. The minimum Gasteiger partial charge on any atom is -0.486 e. The van der Waals surface area contributed by atoms with Gasteiger partial charge in [0.2, 0.25) is 0 Å². The predicted molar refractivity (Wildman–Crippen MR) is 88.4 cm³/mol. The van der Waals surface area contributed by atoms with Gasteiger partial charge in [0.05, 0.1) is 11.1 Å². The van der Waals surface area contributed by atoms with E-state index in [2.05, 4.69) is 10.3 Å². The largest absolute Gasteiger partial charge is 0.486 e. The van der Waals surface area contributed by atoms with Crippen molar-refractivity contribution in [2.45, 2.75) is 6.92 Å². The third kappa shape index (κ3) is 2.36. The fraction of sp³-hybridized carbons (Fsp3) is 0.167. The molecule has 2 heterocycles. The summed E-state index contributed by atoms with van der Waals surface area (Å²) < 4.78 is 24.8. The Hall–Kier alpha value is -3.02. The number of nitrogens with one attached hydrogen (secondary N) is 2. The molecule has 0 unspecified atom stereocenters. The van der Waals surface area contributed by atoms with Gasteiger partial charge in [-0.1, -0.05) is 12.1 Å². The number of ether oxygens (including phenoxy) is 2. The quantitative estimate of drug-likeness (QED) is 0.756. The molecule has 0 atom stereocenters. The van der Waals surface area contributed by atoms with Gasteiger partial charge >= 0.3 is 0 Å². The highest BCUT2D eigenvalue weighted by molar-refractivity contribution is 6.14. The van der Waals surface area contributed by atoms with Gasteiger partial charge in [-0.2, -0.15) is 0 Å². The number of rotatable bonds is 2. The molecule has 2 aromatic carbocycles. The van der Waals surface area contributed by atoms with Crippen molar-refractivity contribution < 1.29 is 18.7 Å². The van der Waals surface area contributed by atoms with Gasteiger partial charge in [0.15, 0.2) is 11.5 Å². The highest BCUT2D eigenvalue weighted by atomic mass is 19.1. The highest BCUT2D eigenvalue weighted by Crippen LogP contribution is 2.33. The second-order valence-electron chi connectivity index (χ2n) is 5.60. The minimum atomic E-state index is -0.381. The average Bonchev–Trinajstić information content (AvgIpc) is 2.92. The standard InChI is InChI=1S/C18H15FN2O3/c1-10-16(12-3-2-4-13(19)17(12)20-10)18(22)21-11-5-6-14-15(9-11)24-8-7-23-14/h2-6,9,20H,7-8H2,1H3,(H,21,22). The molecular formula is C18H15FN2O3. The van der Waals surface area contributed by atoms with Crippen molar-refractivity contribution in [2.75, 3.05) is 18.5 Å². The summed E-state index contributed by atoms with van der Waals surface area (Å²) in [4.78, 5) is 15.6. The lowest BCUT2D eigenvalue weighted by atomic mass is 10.1. The summed E-state index contributed by atoms with van der Waals surface area (Å²) in [6.07, 6.45) is 0. The number of anilines is 1. The number of aromatic amines is 1. The van der Waals surface area contributed by atoms with Gasteiger partial charge in [-0.3, -0.25) is 4.79 Å². The third-order valence-corrected chi connectivity index (χ3v) is 4.00. The number of carbonyl (C=O) groups excluding carboxylic acids is 1. The van der Waals surface area contributed by atoms with Crippen LogP contribution in [0.5, 0.6) is 11.5 Å². The summed E-state index contributed by atoms with van der Waals surface area (Å²) in [5.74, 6) is 0.570. The van der Waals surface area contributed by atoms with Crippen molar-refractivity contribution in [1.29, 1.82) is 0 Å². The number of fused-ring (bicyclic) bond motifs is 2. The number of halogens is 1. The van der Waals surface area contributed by atoms with Crippen molar-refractivity contribution in [3.05, 3.63) is 53.5 Å². The van der Waals surface area contributed by atoms with E-state index in [9.17, 15) is 9.18 Å². The van der Waals surface area contributed by atoms with E-state index in [-0.39, 0.29) is 11.7 Å². The molecule has 0 spiro atoms. The molecule has 4 rings (SSSR count). The Labute approximate surface area is 137 Å². The van der Waals surface area contributed by atoms with Crippen molar-refractivity contribution in [1.82, 2.24) is 4.98 Å². The zero-order chi connectivity index (χ0) is 16.7. The summed E-state index contributed by atoms with van der Waals surface area (Å²) in [5.41, 5.74) is 1.97. The number of aryl methyl sites for hydroxylation is 1. The number of amides is 1. The number of hydrogen-bond acceptors (Lipinski definition) is 3. The Morgan fingerprint density at radius 2 is 1.96 bits per heavy atom. The summed E-state index contributed by atoms with van der Waals surface area (Å²) in [7, 11) is 0. The molecule has 122 valence electrons. The molecule has 2 N–H and O–H groups in total. The Bertz CT molecular complexity index is 949. The lowest BCUT2D eigenvalue weighted by Gasteiger charge is -2.19. The van der Waals surface area contributed by atoms with E-state index >= 15 is 0 Å². The van der Waals surface area contributed by atoms with E-state index in [0.29, 0.717) is 52.6 Å². The molecule has 6 heteroatoms. The molecule has 0 saturated carbocycles. The van der Waals surface area contributed by atoms with Crippen molar-refractivity contribution >= 4 is 22.5 Å². The van der Waals surface area contributed by atoms with Crippen molar-refractivity contribution in [3.8, 4) is 11.5 Å². The van der Waals surface area contributed by atoms with Crippen LogP contribution in [-0.2, 0) is 0 Å². The van der Waals surface area contributed by atoms with E-state index in [1.807, 2.05) is 0 Å². The smallest absolute Gasteiger partial charge is 0.258 e. The molecule has 0 saturated heterocycles. The number of aromatic nitrogens is 1. The predicted octanol–water partition coefficient (Wildman–Crippen LogP) is 3.64. The van der Waals surface area contributed by atoms with Gasteiger partial charge < -0.3 is 19.8 Å². The molecule has 0 radical (unpaired) electrons. The van der Waals surface area contributed by atoms with Crippen molar-refractivity contribution in [3.63, 3.8) is 0 Å². The maximum absolute atomic E-state index is 13.9. The first-order valence-electron chi connectivity index (χ1n) is 7.61. The first-order valence-corrected chi connectivity index (χ1v) is 7.61. The molecule has 3 aromatic rings. The first-order chi connectivity index (χ1) is 11.6. The van der Waals surface area contributed by atoms with Crippen LogP contribution in [0.3, 0.4) is 0 Å². The molecule has 24 heavy (non-hydrogen) atoms. The highest BCUT2D eigenvalue weighted by Gasteiger charge is 2.19. The number of para-hydroxylation sites is 1. The second kappa shape index (κ2) is 5.56. The fourth-order valence-electron chi connectivity index (χ4n) is 2.92. The van der Waals surface area contributed by atoms with E-state index in [0.717, 1.165) is 0 Å². The lowest BCUT2D eigenvalue weighted by molar-refractivity contribution is 0.102. The average molecular weight is 326 g/mol. The van der Waals surface area contributed by atoms with Crippen LogP contribution in [0.1, 0.15) is 16.1 Å². The third-order valence-electron chi connectivity index (χ3n) is 4.00. The molecule has 0 aliphatic carbocycles. The van der Waals surface area contributed by atoms with E-state index < -0.39 is 0 Å². The van der Waals surface area contributed by atoms with E-state index in [1.165, 1.54) is 6.07 Å². The zero-order valence-electron chi connectivity index (χ0n) is 13.0. The number of hydrogen-bond donors (Lipinski definition) is 2. The maximum Gasteiger partial charge on any atom is 0.258 e. The van der Waals surface area contributed by atoms with Crippen LogP contribution in [0.15, 0.2) is 36.4 Å². The molecule has 0 bridgehead atoms. The summed E-state index contributed by atoms with van der Waals surface area (Å²) >= 11 is 0. The molecule has 1 aliphatic heterocycles. The monoisotopic (exact) mass is 326 g/mol. The number of benzene rings is 2. The number of carbonyl (C=O) groups is 1. The van der Waals surface area contributed by atoms with E-state index in [1.54, 1.807) is 37.3 Å². The topological polar surface area (TPSA) is 63.4 Å². The summed E-state index contributed by atoms with van der Waals surface area (Å²) in [5, 5.41) is 3.39. The SMILES string of the molecule is Cc1[nH]c2c(F)cccc2c1C(=O)Nc1ccc2c(c1)OCCO2. The Kier molecular flexibility index (Phi) is 3.37. The molecule has 0 fully saturated rings. The minimum absolute atomic E-state index is 0.305. The fourth-order valence-corrected chi connectivity index (χ4v) is 2.92. The lowest BCUT2D eigenvalue weighted by Crippen LogP contribution is -2.16. The Morgan fingerprint density at radius 3 is 2.79 bits per heavy atom. The van der Waals surface area contributed by atoms with Gasteiger partial charge in [0, 0.05) is 22.8 Å². The van der Waals surface area contributed by atoms with E-state index in [4.69, 9.17) is 9.47 Å². The van der Waals surface area contributed by atoms with Crippen LogP contribution in [0.4, 0.5) is 10.1 Å². The van der Waals surface area contributed by atoms with Crippen LogP contribution in [0.25, 0.3) is 10.9 Å². The number of H-pyrrole nitrogens is 1. The van der Waals surface area contributed by atoms with Gasteiger partial charge in [0.1, 0.15) is 19.0 Å². The normalized spacial score (nSPS) is 13.1. The van der Waals surface area contributed by atoms with Crippen LogP contribution in [-0.4, -0.2) is 24.1 Å². The molecule has 1 amide bonds. The zero-order valence-corrected chi connectivity index (χ0v) is 13.0. The molecule has 5 nitrogen and oxygen atoms in total. The van der Waals surface area contributed by atoms with Crippen LogP contribution in [0, 0.1) is 12.7 Å². The van der Waals surface area contributed by atoms with Crippen LogP contribution in [0.2, 0.25) is 0 Å². The van der Waals surface area contributed by atoms with Crippen molar-refractivity contribution in [2.24, 2.45) is 0 Å². The molecule has 1 aromatic heterocycles. The molecular weight excluding hydrogens is 311 g/mol. The van der Waals surface area contributed by atoms with Gasteiger partial charge in [-0.25, -0.2) is 4.39 Å². The summed E-state index contributed by atoms with van der Waals surface area (Å²) in [6, 6.07) is 9.90.